The molecule has 112 valence electrons. The molecule has 1 aliphatic carbocycles. The number of rotatable bonds is 5. The molecule has 3 heteroatoms. The van der Waals surface area contributed by atoms with Gasteiger partial charge in [-0.1, -0.05) is 31.5 Å². The van der Waals surface area contributed by atoms with Crippen LogP contribution in [0.2, 0.25) is 0 Å². The Hall–Kier alpha value is -1.06. The highest BCUT2D eigenvalue weighted by Crippen LogP contribution is 2.41. The minimum absolute atomic E-state index is 0.514. The van der Waals surface area contributed by atoms with Crippen molar-refractivity contribution in [2.45, 2.75) is 44.6 Å². The second-order valence-electron chi connectivity index (χ2n) is 5.91. The van der Waals surface area contributed by atoms with Crippen LogP contribution >= 0.6 is 0 Å². The van der Waals surface area contributed by atoms with Crippen molar-refractivity contribution in [1.29, 1.82) is 0 Å². The van der Waals surface area contributed by atoms with Crippen LogP contribution in [0.4, 0.5) is 0 Å². The Balaban J connectivity index is 2.17. The molecule has 0 bridgehead atoms. The van der Waals surface area contributed by atoms with Gasteiger partial charge in [0, 0.05) is 12.7 Å². The van der Waals surface area contributed by atoms with Crippen molar-refractivity contribution in [2.24, 2.45) is 5.92 Å². The molecule has 1 saturated carbocycles. The number of methoxy groups -OCH3 is 1. The van der Waals surface area contributed by atoms with Crippen LogP contribution in [-0.2, 0) is 10.3 Å². The van der Waals surface area contributed by atoms with Crippen LogP contribution in [0.1, 0.15) is 44.6 Å². The molecule has 0 amide bonds. The van der Waals surface area contributed by atoms with E-state index < -0.39 is 5.60 Å². The van der Waals surface area contributed by atoms with Crippen molar-refractivity contribution in [3.8, 4) is 5.75 Å². The predicted molar refractivity (Wildman–Crippen MR) is 80.0 cm³/mol. The maximum Gasteiger partial charge on any atom is 0.125 e. The van der Waals surface area contributed by atoms with Crippen LogP contribution in [0.15, 0.2) is 24.3 Å². The lowest BCUT2D eigenvalue weighted by Crippen LogP contribution is -2.26. The molecule has 2 unspecified atom stereocenters. The Bertz CT molecular complexity index is 418. The molecule has 1 aromatic rings. The van der Waals surface area contributed by atoms with E-state index in [0.29, 0.717) is 19.1 Å². The second kappa shape index (κ2) is 7.09. The van der Waals surface area contributed by atoms with E-state index in [-0.39, 0.29) is 0 Å². The summed E-state index contributed by atoms with van der Waals surface area (Å²) in [5.41, 5.74) is 0.194. The molecule has 0 aromatic heterocycles. The van der Waals surface area contributed by atoms with Gasteiger partial charge in [0.25, 0.3) is 0 Å². The molecule has 0 spiro atoms. The zero-order chi connectivity index (χ0) is 14.4. The highest BCUT2D eigenvalue weighted by molar-refractivity contribution is 5.38. The van der Waals surface area contributed by atoms with Crippen LogP contribution < -0.4 is 4.74 Å². The molecule has 1 N–H and O–H groups in total. The highest BCUT2D eigenvalue weighted by atomic mass is 16.5. The van der Waals surface area contributed by atoms with Crippen LogP contribution in [-0.4, -0.2) is 25.4 Å². The Kier molecular flexibility index (Phi) is 5.44. The third kappa shape index (κ3) is 3.74. The van der Waals surface area contributed by atoms with Crippen LogP contribution in [0.25, 0.3) is 0 Å². The summed E-state index contributed by atoms with van der Waals surface area (Å²) in [7, 11) is 1.66. The number of aliphatic hydroxyl groups is 1. The summed E-state index contributed by atoms with van der Waals surface area (Å²) in [6.07, 6.45) is 4.99. The van der Waals surface area contributed by atoms with Gasteiger partial charge in [-0.25, -0.2) is 0 Å². The average Bonchev–Trinajstić information content (AvgIpc) is 2.62. The number of ether oxygens (including phenoxy) is 2. The van der Waals surface area contributed by atoms with Crippen molar-refractivity contribution in [2.75, 3.05) is 20.3 Å². The fourth-order valence-electron chi connectivity index (χ4n) is 2.98. The molecule has 1 aliphatic rings. The van der Waals surface area contributed by atoms with Crippen molar-refractivity contribution >= 4 is 0 Å². The maximum atomic E-state index is 11.1. The summed E-state index contributed by atoms with van der Waals surface area (Å²) in [5.74, 6) is 1.49. The largest absolute Gasteiger partial charge is 0.491 e. The lowest BCUT2D eigenvalue weighted by atomic mass is 9.85. The minimum Gasteiger partial charge on any atom is -0.491 e. The standard InChI is InChI=1S/C17H26O3/c1-14-6-5-10-17(18,11-9-14)15-7-3-4-8-16(15)20-13-12-19-2/h3-4,7-8,14,18H,5-6,9-13H2,1-2H3. The average molecular weight is 278 g/mol. The maximum absolute atomic E-state index is 11.1. The summed E-state index contributed by atoms with van der Waals surface area (Å²) in [6.45, 7) is 3.34. The molecule has 2 atom stereocenters. The number of benzene rings is 1. The van der Waals surface area contributed by atoms with Gasteiger partial charge in [0.15, 0.2) is 0 Å². The fraction of sp³-hybridized carbons (Fsp3) is 0.647. The molecular formula is C17H26O3. The molecule has 2 rings (SSSR count). The first-order chi connectivity index (χ1) is 9.65. The Morgan fingerprint density at radius 2 is 2.00 bits per heavy atom. The van der Waals surface area contributed by atoms with Gasteiger partial charge in [0.05, 0.1) is 12.2 Å². The van der Waals surface area contributed by atoms with Gasteiger partial charge < -0.3 is 14.6 Å². The molecule has 0 radical (unpaired) electrons. The number of para-hydroxylation sites is 1. The lowest BCUT2D eigenvalue weighted by Gasteiger charge is -2.29. The van der Waals surface area contributed by atoms with E-state index in [4.69, 9.17) is 9.47 Å². The molecule has 1 fully saturated rings. The second-order valence-corrected chi connectivity index (χ2v) is 5.91. The minimum atomic E-state index is -0.742. The first-order valence-electron chi connectivity index (χ1n) is 7.59. The van der Waals surface area contributed by atoms with E-state index in [9.17, 15) is 5.11 Å². The van der Waals surface area contributed by atoms with E-state index in [1.54, 1.807) is 7.11 Å². The van der Waals surface area contributed by atoms with Crippen molar-refractivity contribution in [3.05, 3.63) is 29.8 Å². The summed E-state index contributed by atoms with van der Waals surface area (Å²) in [5, 5.41) is 11.1. The first-order valence-corrected chi connectivity index (χ1v) is 7.59. The van der Waals surface area contributed by atoms with Crippen LogP contribution in [0.3, 0.4) is 0 Å². The zero-order valence-corrected chi connectivity index (χ0v) is 12.6. The Labute approximate surface area is 121 Å². The topological polar surface area (TPSA) is 38.7 Å². The monoisotopic (exact) mass is 278 g/mol. The van der Waals surface area contributed by atoms with Gasteiger partial charge in [0.2, 0.25) is 0 Å². The molecule has 0 heterocycles. The van der Waals surface area contributed by atoms with Gasteiger partial charge in [-0.3, -0.25) is 0 Å². The number of hydrogen-bond acceptors (Lipinski definition) is 3. The van der Waals surface area contributed by atoms with Crippen molar-refractivity contribution < 1.29 is 14.6 Å². The Morgan fingerprint density at radius 3 is 2.80 bits per heavy atom. The zero-order valence-electron chi connectivity index (χ0n) is 12.6. The lowest BCUT2D eigenvalue weighted by molar-refractivity contribution is 0.0164. The summed E-state index contributed by atoms with van der Waals surface area (Å²) >= 11 is 0. The predicted octanol–water partition coefficient (Wildman–Crippen LogP) is 3.50. The van der Waals surface area contributed by atoms with Gasteiger partial charge in [0.1, 0.15) is 12.4 Å². The highest BCUT2D eigenvalue weighted by Gasteiger charge is 2.33. The summed E-state index contributed by atoms with van der Waals surface area (Å²) in [4.78, 5) is 0. The van der Waals surface area contributed by atoms with Crippen molar-refractivity contribution in [1.82, 2.24) is 0 Å². The molecule has 1 aromatic carbocycles. The molecular weight excluding hydrogens is 252 g/mol. The summed E-state index contributed by atoms with van der Waals surface area (Å²) < 4.78 is 10.8. The number of hydrogen-bond donors (Lipinski definition) is 1. The third-order valence-corrected chi connectivity index (χ3v) is 4.27. The van der Waals surface area contributed by atoms with E-state index >= 15 is 0 Å². The fourth-order valence-corrected chi connectivity index (χ4v) is 2.98. The van der Waals surface area contributed by atoms with E-state index in [0.717, 1.165) is 37.0 Å². The summed E-state index contributed by atoms with van der Waals surface area (Å²) in [6, 6.07) is 7.87. The van der Waals surface area contributed by atoms with Gasteiger partial charge in [-0.15, -0.1) is 0 Å². The Morgan fingerprint density at radius 1 is 1.20 bits per heavy atom. The smallest absolute Gasteiger partial charge is 0.125 e. The first kappa shape index (κ1) is 15.3. The molecule has 0 saturated heterocycles. The molecule has 0 aliphatic heterocycles. The quantitative estimate of drug-likeness (QED) is 0.662. The van der Waals surface area contributed by atoms with Gasteiger partial charge in [-0.2, -0.15) is 0 Å². The molecule has 3 nitrogen and oxygen atoms in total. The SMILES string of the molecule is COCCOc1ccccc1C1(O)CCCC(C)CC1. The van der Waals surface area contributed by atoms with E-state index in [2.05, 4.69) is 6.92 Å². The van der Waals surface area contributed by atoms with Crippen LogP contribution in [0.5, 0.6) is 5.75 Å². The van der Waals surface area contributed by atoms with E-state index in [1.807, 2.05) is 24.3 Å². The van der Waals surface area contributed by atoms with Crippen molar-refractivity contribution in [3.63, 3.8) is 0 Å². The third-order valence-electron chi connectivity index (χ3n) is 4.27. The van der Waals surface area contributed by atoms with Gasteiger partial charge >= 0.3 is 0 Å². The van der Waals surface area contributed by atoms with E-state index in [1.165, 1.54) is 6.42 Å². The molecule has 20 heavy (non-hydrogen) atoms. The van der Waals surface area contributed by atoms with Crippen LogP contribution in [0, 0.1) is 5.92 Å². The normalized spacial score (nSPS) is 27.1. The van der Waals surface area contributed by atoms with Gasteiger partial charge in [-0.05, 0) is 37.7 Å².